The zero-order chi connectivity index (χ0) is 11.4. The molecule has 1 aromatic rings. The van der Waals surface area contributed by atoms with Crippen molar-refractivity contribution in [2.45, 2.75) is 26.3 Å². The van der Waals surface area contributed by atoms with Crippen LogP contribution in [0.5, 0.6) is 0 Å². The van der Waals surface area contributed by atoms with E-state index in [1.807, 2.05) is 32.0 Å². The molecule has 0 spiro atoms. The number of carbonyl (C=O) groups is 1. The summed E-state index contributed by atoms with van der Waals surface area (Å²) < 4.78 is 4.58. The lowest BCUT2D eigenvalue weighted by Gasteiger charge is -2.12. The number of hydrogen-bond donors (Lipinski definition) is 1. The molecule has 0 saturated carbocycles. The summed E-state index contributed by atoms with van der Waals surface area (Å²) in [6.45, 7) is 4.08. The Morgan fingerprint density at radius 1 is 1.38 bits per heavy atom. The molecule has 0 saturated heterocycles. The van der Waals surface area contributed by atoms with Gasteiger partial charge in [-0.2, -0.15) is 0 Å². The molecule has 0 unspecified atom stereocenters. The number of aryl methyl sites for hydroxylation is 2. The van der Waals surface area contributed by atoms with Crippen molar-refractivity contribution in [2.24, 2.45) is 5.73 Å². The van der Waals surface area contributed by atoms with Crippen molar-refractivity contribution in [1.82, 2.24) is 0 Å². The third-order valence-electron chi connectivity index (χ3n) is 2.57. The molecule has 0 bridgehead atoms. The lowest BCUT2D eigenvalue weighted by Crippen LogP contribution is -2.16. The molecule has 2 N–H and O–H groups in total. The minimum atomic E-state index is -0.281. The van der Waals surface area contributed by atoms with E-state index in [1.54, 1.807) is 0 Å². The standard InChI is InChI=1S/C12H17NO2.ClH/c1-8-4-5-10(6-9(8)2)11(13)7-12(14)15-3;/h4-6,11H,7,13H2,1-3H3;1H/t11-;/m0./s1. The van der Waals surface area contributed by atoms with Crippen molar-refractivity contribution in [3.05, 3.63) is 34.9 Å². The van der Waals surface area contributed by atoms with Crippen LogP contribution >= 0.6 is 12.4 Å². The summed E-state index contributed by atoms with van der Waals surface area (Å²) in [4.78, 5) is 11.0. The molecule has 16 heavy (non-hydrogen) atoms. The highest BCUT2D eigenvalue weighted by Crippen LogP contribution is 2.18. The second-order valence-corrected chi connectivity index (χ2v) is 3.73. The molecule has 0 fully saturated rings. The number of hydrogen-bond acceptors (Lipinski definition) is 3. The summed E-state index contributed by atoms with van der Waals surface area (Å²) in [7, 11) is 1.37. The molecule has 1 atom stereocenters. The van der Waals surface area contributed by atoms with Crippen LogP contribution in [0.1, 0.15) is 29.2 Å². The fourth-order valence-corrected chi connectivity index (χ4v) is 1.38. The van der Waals surface area contributed by atoms with Crippen LogP contribution in [-0.2, 0) is 9.53 Å². The number of ether oxygens (including phenoxy) is 1. The first kappa shape index (κ1) is 14.9. The van der Waals surface area contributed by atoms with Crippen molar-refractivity contribution in [1.29, 1.82) is 0 Å². The summed E-state index contributed by atoms with van der Waals surface area (Å²) >= 11 is 0. The molecule has 90 valence electrons. The zero-order valence-corrected chi connectivity index (χ0v) is 10.6. The minimum absolute atomic E-state index is 0. The van der Waals surface area contributed by atoms with E-state index in [9.17, 15) is 4.79 Å². The molecule has 3 nitrogen and oxygen atoms in total. The second-order valence-electron chi connectivity index (χ2n) is 3.73. The molecule has 0 radical (unpaired) electrons. The van der Waals surface area contributed by atoms with E-state index in [1.165, 1.54) is 18.2 Å². The second kappa shape index (κ2) is 6.51. The molecule has 1 rings (SSSR count). The van der Waals surface area contributed by atoms with E-state index < -0.39 is 0 Å². The van der Waals surface area contributed by atoms with Gasteiger partial charge in [0, 0.05) is 6.04 Å². The highest BCUT2D eigenvalue weighted by atomic mass is 35.5. The third kappa shape index (κ3) is 3.83. The van der Waals surface area contributed by atoms with Gasteiger partial charge in [-0.05, 0) is 30.5 Å². The van der Waals surface area contributed by atoms with E-state index in [2.05, 4.69) is 4.74 Å². The molecular weight excluding hydrogens is 226 g/mol. The summed E-state index contributed by atoms with van der Waals surface area (Å²) in [5, 5.41) is 0. The average Bonchev–Trinajstić information content (AvgIpc) is 2.21. The van der Waals surface area contributed by atoms with Gasteiger partial charge in [-0.15, -0.1) is 12.4 Å². The normalized spacial score (nSPS) is 11.5. The van der Waals surface area contributed by atoms with E-state index in [0.717, 1.165) is 5.56 Å². The predicted molar refractivity (Wildman–Crippen MR) is 66.7 cm³/mol. The van der Waals surface area contributed by atoms with Gasteiger partial charge in [0.1, 0.15) is 0 Å². The molecule has 0 aliphatic heterocycles. The van der Waals surface area contributed by atoms with Crippen LogP contribution in [0.2, 0.25) is 0 Å². The summed E-state index contributed by atoms with van der Waals surface area (Å²) in [6, 6.07) is 5.71. The van der Waals surface area contributed by atoms with Gasteiger partial charge in [0.25, 0.3) is 0 Å². The van der Waals surface area contributed by atoms with Gasteiger partial charge >= 0.3 is 5.97 Å². The Balaban J connectivity index is 0.00000225. The van der Waals surface area contributed by atoms with E-state index in [0.29, 0.717) is 0 Å². The van der Waals surface area contributed by atoms with Gasteiger partial charge in [0.2, 0.25) is 0 Å². The molecular formula is C12H18ClNO2. The smallest absolute Gasteiger partial charge is 0.307 e. The number of carbonyl (C=O) groups excluding carboxylic acids is 1. The topological polar surface area (TPSA) is 52.3 Å². The van der Waals surface area contributed by atoms with Crippen molar-refractivity contribution in [3.8, 4) is 0 Å². The van der Waals surface area contributed by atoms with Gasteiger partial charge in [-0.25, -0.2) is 0 Å². The lowest BCUT2D eigenvalue weighted by atomic mass is 10.00. The number of methoxy groups -OCH3 is 1. The molecule has 0 aromatic heterocycles. The first-order valence-electron chi connectivity index (χ1n) is 4.94. The fourth-order valence-electron chi connectivity index (χ4n) is 1.38. The monoisotopic (exact) mass is 243 g/mol. The number of nitrogens with two attached hydrogens (primary N) is 1. The molecule has 0 amide bonds. The Kier molecular flexibility index (Phi) is 6.08. The Labute approximate surface area is 102 Å². The van der Waals surface area contributed by atoms with Gasteiger partial charge in [0.15, 0.2) is 0 Å². The first-order chi connectivity index (χ1) is 7.04. The molecule has 0 heterocycles. The van der Waals surface area contributed by atoms with Crippen LogP contribution in [0.3, 0.4) is 0 Å². The fraction of sp³-hybridized carbons (Fsp3) is 0.417. The predicted octanol–water partition coefficient (Wildman–Crippen LogP) is 2.29. The van der Waals surface area contributed by atoms with Gasteiger partial charge in [0.05, 0.1) is 13.5 Å². The zero-order valence-electron chi connectivity index (χ0n) is 9.82. The molecule has 0 aliphatic rings. The van der Waals surface area contributed by atoms with Crippen LogP contribution in [-0.4, -0.2) is 13.1 Å². The highest BCUT2D eigenvalue weighted by Gasteiger charge is 2.12. The van der Waals surface area contributed by atoms with Crippen LogP contribution in [0, 0.1) is 13.8 Å². The number of benzene rings is 1. The van der Waals surface area contributed by atoms with E-state index in [4.69, 9.17) is 5.73 Å². The Bertz CT molecular complexity index is 366. The lowest BCUT2D eigenvalue weighted by molar-refractivity contribution is -0.141. The van der Waals surface area contributed by atoms with Crippen LogP contribution in [0.25, 0.3) is 0 Å². The Hall–Kier alpha value is -1.06. The SMILES string of the molecule is COC(=O)C[C@H](N)c1ccc(C)c(C)c1.Cl. The van der Waals surface area contributed by atoms with Gasteiger partial charge < -0.3 is 10.5 Å². The van der Waals surface area contributed by atoms with E-state index >= 15 is 0 Å². The van der Waals surface area contributed by atoms with Crippen LogP contribution in [0.15, 0.2) is 18.2 Å². The number of esters is 1. The Morgan fingerprint density at radius 2 is 2.00 bits per heavy atom. The largest absolute Gasteiger partial charge is 0.469 e. The maximum absolute atomic E-state index is 11.0. The minimum Gasteiger partial charge on any atom is -0.469 e. The summed E-state index contributed by atoms with van der Waals surface area (Å²) in [5.41, 5.74) is 9.28. The van der Waals surface area contributed by atoms with Crippen molar-refractivity contribution in [2.75, 3.05) is 7.11 Å². The average molecular weight is 244 g/mol. The van der Waals surface area contributed by atoms with E-state index in [-0.39, 0.29) is 30.8 Å². The van der Waals surface area contributed by atoms with Crippen molar-refractivity contribution < 1.29 is 9.53 Å². The summed E-state index contributed by atoms with van der Waals surface area (Å²) in [5.74, 6) is -0.277. The molecule has 0 aliphatic carbocycles. The molecule has 4 heteroatoms. The van der Waals surface area contributed by atoms with Gasteiger partial charge in [-0.3, -0.25) is 4.79 Å². The maximum atomic E-state index is 11.0. The van der Waals surface area contributed by atoms with Crippen molar-refractivity contribution in [3.63, 3.8) is 0 Å². The Morgan fingerprint density at radius 3 is 2.50 bits per heavy atom. The quantitative estimate of drug-likeness (QED) is 0.829. The molecule has 1 aromatic carbocycles. The number of rotatable bonds is 3. The van der Waals surface area contributed by atoms with Crippen LogP contribution < -0.4 is 5.73 Å². The summed E-state index contributed by atoms with van der Waals surface area (Å²) in [6.07, 6.45) is 0.221. The van der Waals surface area contributed by atoms with Gasteiger partial charge in [-0.1, -0.05) is 18.2 Å². The maximum Gasteiger partial charge on any atom is 0.307 e. The third-order valence-corrected chi connectivity index (χ3v) is 2.57. The van der Waals surface area contributed by atoms with Crippen LogP contribution in [0.4, 0.5) is 0 Å². The number of halogens is 1. The van der Waals surface area contributed by atoms with Crippen molar-refractivity contribution >= 4 is 18.4 Å². The first-order valence-corrected chi connectivity index (χ1v) is 4.94. The highest BCUT2D eigenvalue weighted by molar-refractivity contribution is 5.85.